The lowest BCUT2D eigenvalue weighted by Crippen LogP contribution is -2.34. The Labute approximate surface area is 152 Å². The lowest BCUT2D eigenvalue weighted by Gasteiger charge is -2.31. The van der Waals surface area contributed by atoms with E-state index in [9.17, 15) is 4.79 Å². The molecule has 4 rings (SSSR count). The molecule has 0 unspecified atom stereocenters. The van der Waals surface area contributed by atoms with Gasteiger partial charge in [-0.3, -0.25) is 19.5 Å². The van der Waals surface area contributed by atoms with Crippen LogP contribution in [-0.4, -0.2) is 42.4 Å². The second kappa shape index (κ2) is 6.72. The number of likely N-dealkylation sites (tertiary alicyclic amines) is 1. The number of aromatic nitrogens is 5. The van der Waals surface area contributed by atoms with Gasteiger partial charge in [0, 0.05) is 42.5 Å². The van der Waals surface area contributed by atoms with Crippen LogP contribution in [0.1, 0.15) is 55.7 Å². The van der Waals surface area contributed by atoms with Crippen molar-refractivity contribution < 1.29 is 0 Å². The third-order valence-electron chi connectivity index (χ3n) is 5.23. The largest absolute Gasteiger partial charge is 0.297 e. The molecule has 7 heteroatoms. The first-order valence-electron chi connectivity index (χ1n) is 9.35. The molecule has 0 bridgehead atoms. The van der Waals surface area contributed by atoms with Crippen molar-refractivity contribution in [2.75, 3.05) is 13.1 Å². The molecule has 0 radical (unpaired) electrons. The lowest BCUT2D eigenvalue weighted by atomic mass is 9.93. The predicted octanol–water partition coefficient (Wildman–Crippen LogP) is 2.49. The van der Waals surface area contributed by atoms with Crippen molar-refractivity contribution in [3.8, 4) is 0 Å². The molecule has 0 amide bonds. The van der Waals surface area contributed by atoms with Crippen molar-refractivity contribution in [3.63, 3.8) is 0 Å². The maximum Gasteiger partial charge on any atom is 0.272 e. The van der Waals surface area contributed by atoms with Gasteiger partial charge in [0.15, 0.2) is 5.65 Å². The Hall–Kier alpha value is -2.41. The van der Waals surface area contributed by atoms with E-state index in [1.807, 2.05) is 19.2 Å². The molecule has 1 aliphatic rings. The van der Waals surface area contributed by atoms with Crippen LogP contribution < -0.4 is 5.56 Å². The molecule has 26 heavy (non-hydrogen) atoms. The van der Waals surface area contributed by atoms with Gasteiger partial charge < -0.3 is 0 Å². The highest BCUT2D eigenvalue weighted by Gasteiger charge is 2.23. The van der Waals surface area contributed by atoms with Crippen LogP contribution in [0, 0.1) is 6.92 Å². The van der Waals surface area contributed by atoms with Crippen molar-refractivity contribution in [3.05, 3.63) is 51.8 Å². The highest BCUT2D eigenvalue weighted by Crippen LogP contribution is 2.27. The van der Waals surface area contributed by atoms with E-state index in [-0.39, 0.29) is 5.56 Å². The maximum absolute atomic E-state index is 12.3. The molecule has 7 nitrogen and oxygen atoms in total. The summed E-state index contributed by atoms with van der Waals surface area (Å²) in [4.78, 5) is 19.5. The number of piperidine rings is 1. The van der Waals surface area contributed by atoms with Crippen LogP contribution in [0.5, 0.6) is 0 Å². The summed E-state index contributed by atoms with van der Waals surface area (Å²) in [6, 6.07) is 6.10. The first-order chi connectivity index (χ1) is 12.5. The molecule has 0 atom stereocenters. The van der Waals surface area contributed by atoms with Crippen LogP contribution in [0.15, 0.2) is 29.2 Å². The van der Waals surface area contributed by atoms with E-state index in [4.69, 9.17) is 4.98 Å². The minimum Gasteiger partial charge on any atom is -0.297 e. The van der Waals surface area contributed by atoms with E-state index in [2.05, 4.69) is 39.7 Å². The molecule has 1 fully saturated rings. The first-order valence-corrected chi connectivity index (χ1v) is 9.35. The number of aromatic amines is 1. The monoisotopic (exact) mass is 354 g/mol. The zero-order chi connectivity index (χ0) is 18.3. The van der Waals surface area contributed by atoms with E-state index >= 15 is 0 Å². The van der Waals surface area contributed by atoms with E-state index < -0.39 is 0 Å². The fourth-order valence-electron chi connectivity index (χ4n) is 3.89. The van der Waals surface area contributed by atoms with Gasteiger partial charge in [-0.25, -0.2) is 9.50 Å². The van der Waals surface area contributed by atoms with E-state index in [0.717, 1.165) is 43.9 Å². The fourth-order valence-corrected chi connectivity index (χ4v) is 3.89. The average Bonchev–Trinajstić information content (AvgIpc) is 3.21. The van der Waals surface area contributed by atoms with Crippen molar-refractivity contribution in [2.45, 2.75) is 52.1 Å². The van der Waals surface area contributed by atoms with Gasteiger partial charge in [-0.15, -0.1) is 0 Å². The van der Waals surface area contributed by atoms with Crippen LogP contribution in [-0.2, 0) is 6.54 Å². The Morgan fingerprint density at radius 3 is 2.77 bits per heavy atom. The number of nitrogens with zero attached hydrogens (tertiary/aromatic N) is 5. The van der Waals surface area contributed by atoms with E-state index in [0.29, 0.717) is 17.6 Å². The van der Waals surface area contributed by atoms with E-state index in [1.165, 1.54) is 10.2 Å². The third kappa shape index (κ3) is 3.19. The summed E-state index contributed by atoms with van der Waals surface area (Å²) in [5, 5.41) is 7.45. The number of fused-ring (bicyclic) bond motifs is 1. The Bertz CT molecular complexity index is 958. The molecule has 138 valence electrons. The fraction of sp³-hybridized carbons (Fsp3) is 0.526. The Kier molecular flexibility index (Phi) is 4.40. The standard InChI is InChI=1S/C19H26N6O/c1-13(2)24-16(4-7-20-24)12-23-8-5-15(6-9-23)17-11-19(26)25-18(21-17)10-14(3)22-25/h4,7,10-11,13,15,22H,5-6,8-9,12H2,1-3H3. The summed E-state index contributed by atoms with van der Waals surface area (Å²) in [5.74, 6) is 0.356. The van der Waals surface area contributed by atoms with E-state index in [1.54, 1.807) is 6.07 Å². The first kappa shape index (κ1) is 17.0. The molecular weight excluding hydrogens is 328 g/mol. The minimum absolute atomic E-state index is 0.0265. The van der Waals surface area contributed by atoms with Crippen LogP contribution in [0.4, 0.5) is 0 Å². The molecule has 0 spiro atoms. The predicted molar refractivity (Wildman–Crippen MR) is 100 cm³/mol. The quantitative estimate of drug-likeness (QED) is 0.781. The molecule has 1 saturated heterocycles. The smallest absolute Gasteiger partial charge is 0.272 e. The van der Waals surface area contributed by atoms with Crippen molar-refractivity contribution >= 4 is 5.65 Å². The summed E-state index contributed by atoms with van der Waals surface area (Å²) in [6.45, 7) is 9.21. The summed E-state index contributed by atoms with van der Waals surface area (Å²) >= 11 is 0. The highest BCUT2D eigenvalue weighted by atomic mass is 16.1. The van der Waals surface area contributed by atoms with Crippen LogP contribution in [0.2, 0.25) is 0 Å². The summed E-state index contributed by atoms with van der Waals surface area (Å²) in [6.07, 6.45) is 3.94. The molecular formula is C19H26N6O. The van der Waals surface area contributed by atoms with Gasteiger partial charge >= 0.3 is 0 Å². The average molecular weight is 354 g/mol. The third-order valence-corrected chi connectivity index (χ3v) is 5.23. The zero-order valence-electron chi connectivity index (χ0n) is 15.6. The molecule has 4 heterocycles. The number of aryl methyl sites for hydroxylation is 1. The topological polar surface area (TPSA) is 71.2 Å². The van der Waals surface area contributed by atoms with Gasteiger partial charge in [-0.1, -0.05) is 0 Å². The Morgan fingerprint density at radius 1 is 1.27 bits per heavy atom. The van der Waals surface area contributed by atoms with Crippen LogP contribution >= 0.6 is 0 Å². The number of hydrogen-bond donors (Lipinski definition) is 1. The summed E-state index contributed by atoms with van der Waals surface area (Å²) in [5.41, 5.74) is 3.83. The second-order valence-corrected chi connectivity index (χ2v) is 7.56. The molecule has 1 aliphatic heterocycles. The van der Waals surface area contributed by atoms with Gasteiger partial charge in [0.05, 0.1) is 11.4 Å². The maximum atomic E-state index is 12.3. The van der Waals surface area contributed by atoms with Gasteiger partial charge in [-0.2, -0.15) is 5.10 Å². The van der Waals surface area contributed by atoms with Crippen molar-refractivity contribution in [1.82, 2.24) is 29.3 Å². The Morgan fingerprint density at radius 2 is 2.04 bits per heavy atom. The second-order valence-electron chi connectivity index (χ2n) is 7.56. The molecule has 1 N–H and O–H groups in total. The number of H-pyrrole nitrogens is 1. The number of hydrogen-bond acceptors (Lipinski definition) is 4. The zero-order valence-corrected chi connectivity index (χ0v) is 15.6. The molecule has 3 aromatic rings. The lowest BCUT2D eigenvalue weighted by molar-refractivity contribution is 0.197. The minimum atomic E-state index is -0.0265. The molecule has 0 aliphatic carbocycles. The van der Waals surface area contributed by atoms with Gasteiger partial charge in [0.2, 0.25) is 0 Å². The van der Waals surface area contributed by atoms with Crippen molar-refractivity contribution in [2.24, 2.45) is 0 Å². The summed E-state index contributed by atoms with van der Waals surface area (Å²) < 4.78 is 3.61. The highest BCUT2D eigenvalue weighted by molar-refractivity contribution is 5.39. The van der Waals surface area contributed by atoms with Crippen LogP contribution in [0.25, 0.3) is 5.65 Å². The normalized spacial score (nSPS) is 16.8. The number of nitrogens with one attached hydrogen (secondary N) is 1. The molecule has 0 aromatic carbocycles. The number of rotatable bonds is 4. The van der Waals surface area contributed by atoms with Gasteiger partial charge in [0.25, 0.3) is 5.56 Å². The Balaban J connectivity index is 1.45. The van der Waals surface area contributed by atoms with Gasteiger partial charge in [0.1, 0.15) is 0 Å². The van der Waals surface area contributed by atoms with Crippen molar-refractivity contribution in [1.29, 1.82) is 0 Å². The van der Waals surface area contributed by atoms with Crippen LogP contribution in [0.3, 0.4) is 0 Å². The summed E-state index contributed by atoms with van der Waals surface area (Å²) in [7, 11) is 0. The van der Waals surface area contributed by atoms with Gasteiger partial charge in [-0.05, 0) is 52.8 Å². The molecule has 3 aromatic heterocycles. The molecule has 0 saturated carbocycles. The SMILES string of the molecule is Cc1cc2nc(C3CCN(Cc4ccnn4C(C)C)CC3)cc(=O)n2[nH]1.